The predicted octanol–water partition coefficient (Wildman–Crippen LogP) is 0.796. The van der Waals surface area contributed by atoms with Crippen molar-refractivity contribution in [1.29, 1.82) is 0 Å². The third-order valence-electron chi connectivity index (χ3n) is 1.60. The zero-order chi connectivity index (χ0) is 11.1. The predicted molar refractivity (Wildman–Crippen MR) is 60.1 cm³/mol. The number of esters is 1. The van der Waals surface area contributed by atoms with Gasteiger partial charge in [0.05, 0.1) is 0 Å². The van der Waals surface area contributed by atoms with Gasteiger partial charge < -0.3 is 0 Å². The van der Waals surface area contributed by atoms with Crippen LogP contribution in [0.3, 0.4) is 0 Å². The number of ether oxygens (including phenoxy) is 1. The van der Waals surface area contributed by atoms with Crippen LogP contribution < -0.4 is 5.32 Å². The van der Waals surface area contributed by atoms with Crippen molar-refractivity contribution in [3.63, 3.8) is 0 Å². The number of anilines is 1. The number of aliphatic imine (C=N–C) groups is 1. The van der Waals surface area contributed by atoms with E-state index in [9.17, 15) is 4.79 Å². The first kappa shape index (κ1) is 11.8. The van der Waals surface area contributed by atoms with Crippen LogP contribution in [0.4, 0.5) is 5.69 Å². The van der Waals surface area contributed by atoms with Crippen molar-refractivity contribution in [2.24, 2.45) is 4.99 Å². The van der Waals surface area contributed by atoms with Crippen LogP contribution in [0.25, 0.3) is 0 Å². The molecule has 5 heteroatoms. The van der Waals surface area contributed by atoms with Crippen molar-refractivity contribution in [3.05, 3.63) is 30.3 Å². The molecule has 0 aromatic heterocycles. The molecule has 79 valence electrons. The van der Waals surface area contributed by atoms with Crippen LogP contribution in [-0.2, 0) is 9.53 Å². The van der Waals surface area contributed by atoms with E-state index in [-0.39, 0.29) is 12.5 Å². The molecule has 0 fully saturated rings. The number of nitrogens with zero attached hydrogens (tertiary/aromatic N) is 1. The van der Waals surface area contributed by atoms with Gasteiger partial charge in [-0.2, -0.15) is 0 Å². The van der Waals surface area contributed by atoms with Crippen molar-refractivity contribution >= 4 is 32.4 Å². The molecule has 0 aliphatic carbocycles. The minimum atomic E-state index is -0.363. The zero-order valence-corrected chi connectivity index (χ0v) is 9.98. The Bertz CT molecular complexity index is 352. The molecule has 0 aliphatic heterocycles. The normalized spacial score (nSPS) is 10.9. The second kappa shape index (κ2) is 6.22. The fraction of sp³-hybridized carbons (Fsp3) is 0.200. The van der Waals surface area contributed by atoms with Crippen molar-refractivity contribution in [2.45, 2.75) is 0 Å². The van der Waals surface area contributed by atoms with Crippen LogP contribution in [0.1, 0.15) is 0 Å². The van der Waals surface area contributed by atoms with Crippen LogP contribution in [-0.4, -0.2) is 40.4 Å². The molecule has 0 saturated carbocycles. The van der Waals surface area contributed by atoms with E-state index in [2.05, 4.69) is 31.1 Å². The third kappa shape index (κ3) is 4.63. The van der Waals surface area contributed by atoms with Crippen molar-refractivity contribution < 1.29 is 9.53 Å². The molecule has 0 saturated heterocycles. The van der Waals surface area contributed by atoms with E-state index < -0.39 is 0 Å². The molecular weight excluding hydrogens is 259 g/mol. The number of amidine groups is 1. The number of rotatable bonds is 3. The molecule has 1 aromatic rings. The van der Waals surface area contributed by atoms with Gasteiger partial charge in [-0.1, -0.05) is 0 Å². The molecule has 1 rings (SSSR count). The number of methoxy groups -OCH3 is 1. The van der Waals surface area contributed by atoms with Crippen LogP contribution in [0, 0.1) is 0 Å². The van der Waals surface area contributed by atoms with Gasteiger partial charge in [0.1, 0.15) is 0 Å². The summed E-state index contributed by atoms with van der Waals surface area (Å²) < 4.78 is 5.02. The van der Waals surface area contributed by atoms with E-state index in [1.165, 1.54) is 7.11 Å². The van der Waals surface area contributed by atoms with E-state index >= 15 is 0 Å². The maximum atomic E-state index is 10.8. The van der Waals surface area contributed by atoms with E-state index in [4.69, 9.17) is 0 Å². The van der Waals surface area contributed by atoms with E-state index in [1.807, 2.05) is 30.3 Å². The van der Waals surface area contributed by atoms with Crippen LogP contribution in [0.5, 0.6) is 0 Å². The van der Waals surface area contributed by atoms with Gasteiger partial charge in [0, 0.05) is 0 Å². The Kier molecular flexibility index (Phi) is 4.87. The van der Waals surface area contributed by atoms with Gasteiger partial charge >= 0.3 is 96.2 Å². The average molecular weight is 270 g/mol. The summed E-state index contributed by atoms with van der Waals surface area (Å²) in [5.74, 6) is -0.363. The molecule has 0 aliphatic rings. The van der Waals surface area contributed by atoms with Crippen LogP contribution in [0.15, 0.2) is 35.3 Å². The molecule has 1 N–H and O–H groups in total. The van der Waals surface area contributed by atoms with Gasteiger partial charge in [0.15, 0.2) is 0 Å². The first-order valence-electron chi connectivity index (χ1n) is 4.32. The quantitative estimate of drug-likeness (QED) is 0.382. The average Bonchev–Trinajstić information content (AvgIpc) is 2.27. The van der Waals surface area contributed by atoms with Gasteiger partial charge in [-0.05, 0) is 0 Å². The summed E-state index contributed by atoms with van der Waals surface area (Å²) in [6.07, 6.45) is 0. The molecule has 0 amide bonds. The van der Waals surface area contributed by atoms with E-state index in [1.54, 1.807) is 0 Å². The number of carbonyl (C=O) groups is 1. The second-order valence-electron chi connectivity index (χ2n) is 2.69. The molecule has 0 bridgehead atoms. The number of benzene rings is 1. The first-order chi connectivity index (χ1) is 7.22. The number of para-hydroxylation sites is 1. The van der Waals surface area contributed by atoms with Gasteiger partial charge in [0.2, 0.25) is 0 Å². The summed E-state index contributed by atoms with van der Waals surface area (Å²) in [6.45, 7) is 0.0126. The number of hydrogen-bond acceptors (Lipinski definition) is 3. The minimum absolute atomic E-state index is 0.0126. The van der Waals surface area contributed by atoms with Crippen molar-refractivity contribution in [3.8, 4) is 0 Å². The molecule has 0 unspecified atom stereocenters. The molecule has 0 spiro atoms. The molecule has 1 aromatic carbocycles. The van der Waals surface area contributed by atoms with Crippen LogP contribution in [0.2, 0.25) is 0 Å². The number of hydrogen-bond donors (Lipinski definition) is 1. The second-order valence-corrected chi connectivity index (χ2v) is 3.50. The molecule has 1 radical (unpaired) electrons. The molecule has 15 heavy (non-hydrogen) atoms. The fourth-order valence-electron chi connectivity index (χ4n) is 0.885. The summed E-state index contributed by atoms with van der Waals surface area (Å²) in [6, 6.07) is 9.57. The standard InChI is InChI=1S/C10H11N2O2Se/c1-14-9(13)7-11-10(15)12-8-5-3-2-4-6-8/h2-6H,7H2,1H3,(H,11,12). The van der Waals surface area contributed by atoms with Crippen molar-refractivity contribution in [2.75, 3.05) is 19.0 Å². The van der Waals surface area contributed by atoms with Gasteiger partial charge in [-0.3, -0.25) is 0 Å². The summed E-state index contributed by atoms with van der Waals surface area (Å²) in [5.41, 5.74) is 0.917. The van der Waals surface area contributed by atoms with Gasteiger partial charge in [-0.25, -0.2) is 0 Å². The Morgan fingerprint density at radius 1 is 1.47 bits per heavy atom. The summed E-state index contributed by atoms with van der Waals surface area (Å²) >= 11 is 2.74. The number of nitrogens with one attached hydrogen (secondary N) is 1. The fourth-order valence-corrected chi connectivity index (χ4v) is 1.27. The Morgan fingerprint density at radius 2 is 2.13 bits per heavy atom. The SMILES string of the molecule is COC(=O)CN=C([Se])Nc1ccccc1. The summed E-state index contributed by atoms with van der Waals surface area (Å²) in [4.78, 5) is 14.8. The zero-order valence-electron chi connectivity index (χ0n) is 8.27. The Hall–Kier alpha value is -1.32. The van der Waals surface area contributed by atoms with Crippen LogP contribution >= 0.6 is 0 Å². The summed E-state index contributed by atoms with van der Waals surface area (Å²) in [5, 5.41) is 3.01. The number of carbonyl (C=O) groups excluding carboxylic acids is 1. The first-order valence-corrected chi connectivity index (χ1v) is 5.18. The van der Waals surface area contributed by atoms with E-state index in [0.29, 0.717) is 4.73 Å². The molecule has 4 nitrogen and oxygen atoms in total. The Morgan fingerprint density at radius 3 is 2.73 bits per heavy atom. The Labute approximate surface area is 96.5 Å². The van der Waals surface area contributed by atoms with Crippen molar-refractivity contribution in [1.82, 2.24) is 0 Å². The molecule has 0 atom stereocenters. The van der Waals surface area contributed by atoms with Gasteiger partial charge in [-0.15, -0.1) is 0 Å². The Balaban J connectivity index is 2.48. The topological polar surface area (TPSA) is 50.7 Å². The monoisotopic (exact) mass is 271 g/mol. The molecule has 0 heterocycles. The van der Waals surface area contributed by atoms with E-state index in [0.717, 1.165) is 5.69 Å². The maximum absolute atomic E-state index is 10.8. The van der Waals surface area contributed by atoms with Gasteiger partial charge in [0.25, 0.3) is 0 Å². The third-order valence-corrected chi connectivity index (χ3v) is 2.09. The summed E-state index contributed by atoms with van der Waals surface area (Å²) in [7, 11) is 1.33. The molecular formula is C10H11N2O2Se.